The van der Waals surface area contributed by atoms with Gasteiger partial charge in [-0.3, -0.25) is 10.1 Å². The van der Waals surface area contributed by atoms with Crippen molar-refractivity contribution in [2.24, 2.45) is 0 Å². The Morgan fingerprint density at radius 3 is 2.75 bits per heavy atom. The molecule has 0 bridgehead atoms. The molecule has 0 amide bonds. The van der Waals surface area contributed by atoms with Crippen LogP contribution in [-0.4, -0.2) is 31.8 Å². The molecule has 1 aliphatic carbocycles. The molecule has 110 valence electrons. The van der Waals surface area contributed by atoms with E-state index in [1.54, 1.807) is 0 Å². The molecule has 20 heavy (non-hydrogen) atoms. The van der Waals surface area contributed by atoms with Crippen LogP contribution >= 0.6 is 0 Å². The lowest BCUT2D eigenvalue weighted by atomic mass is 10.1. The number of hydrogen-bond acceptors (Lipinski definition) is 4. The van der Waals surface area contributed by atoms with Crippen molar-refractivity contribution in [3.05, 3.63) is 29.3 Å². The summed E-state index contributed by atoms with van der Waals surface area (Å²) in [5.41, 5.74) is 2.79. The second-order valence-electron chi connectivity index (χ2n) is 5.49. The average molecular weight is 277 g/mol. The van der Waals surface area contributed by atoms with Crippen LogP contribution in [0.4, 0.5) is 0 Å². The minimum absolute atomic E-state index is 0.197. The van der Waals surface area contributed by atoms with Crippen LogP contribution in [0.15, 0.2) is 18.2 Å². The summed E-state index contributed by atoms with van der Waals surface area (Å²) in [5, 5.41) is 3.15. The van der Waals surface area contributed by atoms with E-state index < -0.39 is 6.04 Å². The van der Waals surface area contributed by atoms with Crippen LogP contribution in [0.2, 0.25) is 0 Å². The molecule has 0 fully saturated rings. The van der Waals surface area contributed by atoms with Crippen molar-refractivity contribution in [2.75, 3.05) is 13.7 Å². The van der Waals surface area contributed by atoms with E-state index in [0.717, 1.165) is 18.6 Å². The summed E-state index contributed by atoms with van der Waals surface area (Å²) in [5.74, 6) is 0.532. The van der Waals surface area contributed by atoms with Gasteiger partial charge in [0.05, 0.1) is 7.11 Å². The number of aryl methyl sites for hydroxylation is 2. The van der Waals surface area contributed by atoms with Gasteiger partial charge in [0, 0.05) is 6.04 Å². The molecule has 1 aromatic carbocycles. The summed E-state index contributed by atoms with van der Waals surface area (Å²) >= 11 is 0. The van der Waals surface area contributed by atoms with Gasteiger partial charge in [-0.05, 0) is 42.5 Å². The summed E-state index contributed by atoms with van der Waals surface area (Å²) < 4.78 is 10.5. The molecular formula is C16H23NO3. The van der Waals surface area contributed by atoms with Crippen molar-refractivity contribution < 1.29 is 14.3 Å². The lowest BCUT2D eigenvalue weighted by Gasteiger charge is -2.19. The van der Waals surface area contributed by atoms with Gasteiger partial charge in [0.2, 0.25) is 0 Å². The van der Waals surface area contributed by atoms with Gasteiger partial charge in [-0.2, -0.15) is 0 Å². The minimum atomic E-state index is -0.437. The first kappa shape index (κ1) is 14.9. The molecule has 4 nitrogen and oxygen atoms in total. The van der Waals surface area contributed by atoms with Gasteiger partial charge >= 0.3 is 5.97 Å². The molecule has 1 N–H and O–H groups in total. The summed E-state index contributed by atoms with van der Waals surface area (Å²) in [6.07, 6.45) is 3.50. The van der Waals surface area contributed by atoms with E-state index >= 15 is 0 Å². The Labute approximate surface area is 120 Å². The smallest absolute Gasteiger partial charge is 0.326 e. The maximum Gasteiger partial charge on any atom is 0.326 e. The number of carbonyl (C=O) groups is 1. The fourth-order valence-corrected chi connectivity index (χ4v) is 2.55. The molecule has 1 aliphatic rings. The molecule has 0 aromatic heterocycles. The summed E-state index contributed by atoms with van der Waals surface area (Å²) in [6.45, 7) is 4.26. The van der Waals surface area contributed by atoms with Gasteiger partial charge in [-0.1, -0.05) is 19.9 Å². The first-order valence-electron chi connectivity index (χ1n) is 7.18. The molecule has 0 radical (unpaired) electrons. The number of carbonyl (C=O) groups excluding carboxylic acids is 1. The largest absolute Gasteiger partial charge is 0.491 e. The monoisotopic (exact) mass is 277 g/mol. The number of methoxy groups -OCH3 is 1. The lowest BCUT2D eigenvalue weighted by molar-refractivity contribution is -0.144. The zero-order valence-electron chi connectivity index (χ0n) is 12.4. The number of ether oxygens (including phenoxy) is 2. The molecule has 2 rings (SSSR count). The van der Waals surface area contributed by atoms with Crippen LogP contribution in [0, 0.1) is 0 Å². The average Bonchev–Trinajstić information content (AvgIpc) is 2.89. The fraction of sp³-hybridized carbons (Fsp3) is 0.562. The minimum Gasteiger partial charge on any atom is -0.491 e. The van der Waals surface area contributed by atoms with E-state index in [4.69, 9.17) is 9.47 Å². The Morgan fingerprint density at radius 2 is 2.05 bits per heavy atom. The third-order valence-electron chi connectivity index (χ3n) is 3.51. The van der Waals surface area contributed by atoms with E-state index in [0.29, 0.717) is 0 Å². The highest BCUT2D eigenvalue weighted by molar-refractivity contribution is 5.75. The maximum atomic E-state index is 11.7. The third-order valence-corrected chi connectivity index (χ3v) is 3.51. The van der Waals surface area contributed by atoms with E-state index in [1.807, 2.05) is 19.9 Å². The van der Waals surface area contributed by atoms with Crippen LogP contribution in [0.1, 0.15) is 31.4 Å². The zero-order chi connectivity index (χ0) is 14.5. The Kier molecular flexibility index (Phi) is 5.01. The van der Waals surface area contributed by atoms with Crippen molar-refractivity contribution in [3.63, 3.8) is 0 Å². The predicted octanol–water partition coefficient (Wildman–Crippen LogP) is 2.09. The van der Waals surface area contributed by atoms with Gasteiger partial charge in [0.15, 0.2) is 0 Å². The van der Waals surface area contributed by atoms with Crippen LogP contribution in [0.5, 0.6) is 5.75 Å². The first-order valence-corrected chi connectivity index (χ1v) is 7.18. The lowest BCUT2D eigenvalue weighted by Crippen LogP contribution is -2.45. The highest BCUT2D eigenvalue weighted by atomic mass is 16.5. The van der Waals surface area contributed by atoms with Crippen molar-refractivity contribution in [1.29, 1.82) is 0 Å². The molecule has 1 unspecified atom stereocenters. The van der Waals surface area contributed by atoms with Crippen molar-refractivity contribution >= 4 is 5.97 Å². The second kappa shape index (κ2) is 6.75. The predicted molar refractivity (Wildman–Crippen MR) is 78.0 cm³/mol. The number of rotatable bonds is 6. The van der Waals surface area contributed by atoms with Crippen molar-refractivity contribution in [3.8, 4) is 5.75 Å². The Bertz CT molecular complexity index is 471. The van der Waals surface area contributed by atoms with E-state index in [2.05, 4.69) is 17.4 Å². The molecule has 1 atom stereocenters. The van der Waals surface area contributed by atoms with Crippen LogP contribution in [0.25, 0.3) is 0 Å². The number of benzene rings is 1. The molecule has 1 aromatic rings. The molecule has 0 aliphatic heterocycles. The van der Waals surface area contributed by atoms with Crippen LogP contribution in [0.3, 0.4) is 0 Å². The zero-order valence-corrected chi connectivity index (χ0v) is 12.4. The molecule has 0 saturated heterocycles. The van der Waals surface area contributed by atoms with Gasteiger partial charge in [0.25, 0.3) is 0 Å². The normalized spacial score (nSPS) is 15.0. The summed E-state index contributed by atoms with van der Waals surface area (Å²) in [7, 11) is 1.40. The van der Waals surface area contributed by atoms with Crippen molar-refractivity contribution in [1.82, 2.24) is 5.32 Å². The summed E-state index contributed by atoms with van der Waals surface area (Å²) in [4.78, 5) is 11.7. The molecular weight excluding hydrogens is 254 g/mol. The Hall–Kier alpha value is -1.55. The topological polar surface area (TPSA) is 47.6 Å². The summed E-state index contributed by atoms with van der Waals surface area (Å²) in [6, 6.07) is 5.96. The van der Waals surface area contributed by atoms with Crippen LogP contribution < -0.4 is 10.1 Å². The van der Waals surface area contributed by atoms with E-state index in [1.165, 1.54) is 24.7 Å². The Morgan fingerprint density at radius 1 is 1.30 bits per heavy atom. The van der Waals surface area contributed by atoms with Gasteiger partial charge in [-0.25, -0.2) is 0 Å². The third kappa shape index (κ3) is 3.73. The van der Waals surface area contributed by atoms with E-state index in [9.17, 15) is 4.79 Å². The Balaban J connectivity index is 1.96. The highest BCUT2D eigenvalue weighted by Crippen LogP contribution is 2.26. The van der Waals surface area contributed by atoms with Gasteiger partial charge < -0.3 is 9.47 Å². The number of esters is 1. The molecule has 0 spiro atoms. The molecule has 4 heteroatoms. The number of fused-ring (bicyclic) bond motifs is 1. The standard InChI is InChI=1S/C16H23NO3/c1-11(2)17-15(16(18)19-3)10-20-14-8-7-12-5-4-6-13(12)9-14/h7-9,11,15,17H,4-6,10H2,1-3H3. The number of nitrogens with one attached hydrogen (secondary N) is 1. The second-order valence-corrected chi connectivity index (χ2v) is 5.49. The quantitative estimate of drug-likeness (QED) is 0.809. The first-order chi connectivity index (χ1) is 9.60. The maximum absolute atomic E-state index is 11.7. The van der Waals surface area contributed by atoms with Crippen LogP contribution in [-0.2, 0) is 22.4 Å². The highest BCUT2D eigenvalue weighted by Gasteiger charge is 2.21. The SMILES string of the molecule is COC(=O)C(COc1ccc2c(c1)CCC2)NC(C)C. The fourth-order valence-electron chi connectivity index (χ4n) is 2.55. The van der Waals surface area contributed by atoms with Gasteiger partial charge in [0.1, 0.15) is 18.4 Å². The molecule has 0 saturated carbocycles. The van der Waals surface area contributed by atoms with Gasteiger partial charge in [-0.15, -0.1) is 0 Å². The number of hydrogen-bond donors (Lipinski definition) is 1. The van der Waals surface area contributed by atoms with E-state index in [-0.39, 0.29) is 18.6 Å². The van der Waals surface area contributed by atoms with Crippen molar-refractivity contribution in [2.45, 2.75) is 45.2 Å². The molecule has 0 heterocycles.